The highest BCUT2D eigenvalue weighted by molar-refractivity contribution is 5.93. The lowest BCUT2D eigenvalue weighted by atomic mass is 10.1. The summed E-state index contributed by atoms with van der Waals surface area (Å²) in [6, 6.07) is 2.51. The first-order chi connectivity index (χ1) is 11.9. The van der Waals surface area contributed by atoms with E-state index in [4.69, 9.17) is 4.74 Å². The topological polar surface area (TPSA) is 84.1 Å². The summed E-state index contributed by atoms with van der Waals surface area (Å²) in [6.07, 6.45) is 5.08. The molecule has 0 aliphatic heterocycles. The summed E-state index contributed by atoms with van der Waals surface area (Å²) in [5.41, 5.74) is 2.39. The maximum absolute atomic E-state index is 12.3. The van der Waals surface area contributed by atoms with Gasteiger partial charge in [0.25, 0.3) is 5.91 Å². The van der Waals surface area contributed by atoms with E-state index in [0.29, 0.717) is 23.8 Å². The summed E-state index contributed by atoms with van der Waals surface area (Å²) in [7, 11) is 0. The molecular formula is C19H27N3O3. The molecule has 1 saturated carbocycles. The van der Waals surface area contributed by atoms with Gasteiger partial charge in [0, 0.05) is 11.7 Å². The molecule has 1 atom stereocenters. The van der Waals surface area contributed by atoms with E-state index < -0.39 is 5.91 Å². The number of carbonyl (C=O) groups is 2. The first-order valence-electron chi connectivity index (χ1n) is 8.98. The number of carbonyl (C=O) groups excluding carboxylic acids is 2. The maximum atomic E-state index is 12.3. The lowest BCUT2D eigenvalue weighted by molar-refractivity contribution is -0.151. The third kappa shape index (κ3) is 4.04. The highest BCUT2D eigenvalue weighted by Gasteiger charge is 2.27. The Balaban J connectivity index is 2.18. The van der Waals surface area contributed by atoms with Crippen LogP contribution in [0, 0.1) is 31.1 Å². The SMILES string of the molecule is CCC(C)C(=O)OCC(=O)Nc1c(C#N)c(C)c(C)n1C1CCCC1. The van der Waals surface area contributed by atoms with Gasteiger partial charge in [0.1, 0.15) is 11.9 Å². The highest BCUT2D eigenvalue weighted by Crippen LogP contribution is 2.37. The molecule has 1 aliphatic rings. The largest absolute Gasteiger partial charge is 0.455 e. The lowest BCUT2D eigenvalue weighted by Gasteiger charge is -2.19. The molecule has 0 bridgehead atoms. The van der Waals surface area contributed by atoms with E-state index in [2.05, 4.69) is 16.0 Å². The van der Waals surface area contributed by atoms with Gasteiger partial charge in [0.05, 0.1) is 11.5 Å². The van der Waals surface area contributed by atoms with Crippen molar-refractivity contribution >= 4 is 17.7 Å². The summed E-state index contributed by atoms with van der Waals surface area (Å²) in [5, 5.41) is 12.3. The number of nitrogens with zero attached hydrogens (tertiary/aromatic N) is 2. The average Bonchev–Trinajstić information content (AvgIpc) is 3.19. The van der Waals surface area contributed by atoms with E-state index in [9.17, 15) is 14.9 Å². The fourth-order valence-electron chi connectivity index (χ4n) is 3.32. The second-order valence-electron chi connectivity index (χ2n) is 6.82. The summed E-state index contributed by atoms with van der Waals surface area (Å²) < 4.78 is 7.14. The van der Waals surface area contributed by atoms with Gasteiger partial charge in [-0.3, -0.25) is 9.59 Å². The Morgan fingerprint density at radius 3 is 2.56 bits per heavy atom. The van der Waals surface area contributed by atoms with Crippen molar-refractivity contribution in [1.29, 1.82) is 5.26 Å². The van der Waals surface area contributed by atoms with Gasteiger partial charge >= 0.3 is 5.97 Å². The second-order valence-corrected chi connectivity index (χ2v) is 6.82. The number of nitriles is 1. The molecule has 136 valence electrons. The number of ether oxygens (including phenoxy) is 1. The van der Waals surface area contributed by atoms with Gasteiger partial charge in [-0.1, -0.05) is 26.7 Å². The number of nitrogens with one attached hydrogen (secondary N) is 1. The van der Waals surface area contributed by atoms with Gasteiger partial charge < -0.3 is 14.6 Å². The fourth-order valence-corrected chi connectivity index (χ4v) is 3.32. The van der Waals surface area contributed by atoms with Crippen molar-refractivity contribution < 1.29 is 14.3 Å². The quantitative estimate of drug-likeness (QED) is 0.798. The van der Waals surface area contributed by atoms with E-state index in [1.165, 1.54) is 0 Å². The normalized spacial score (nSPS) is 15.6. The number of rotatable bonds is 6. The lowest BCUT2D eigenvalue weighted by Crippen LogP contribution is -2.25. The van der Waals surface area contributed by atoms with Crippen LogP contribution in [0.5, 0.6) is 0 Å². The molecule has 2 rings (SSSR count). The number of amides is 1. The molecule has 25 heavy (non-hydrogen) atoms. The molecule has 0 spiro atoms. The summed E-state index contributed by atoms with van der Waals surface area (Å²) >= 11 is 0. The molecule has 0 aromatic carbocycles. The Morgan fingerprint density at radius 1 is 1.36 bits per heavy atom. The maximum Gasteiger partial charge on any atom is 0.309 e. The molecule has 6 nitrogen and oxygen atoms in total. The number of hydrogen-bond acceptors (Lipinski definition) is 4. The van der Waals surface area contributed by atoms with Crippen molar-refractivity contribution in [3.63, 3.8) is 0 Å². The van der Waals surface area contributed by atoms with Gasteiger partial charge in [-0.25, -0.2) is 0 Å². The zero-order valence-corrected chi connectivity index (χ0v) is 15.5. The summed E-state index contributed by atoms with van der Waals surface area (Å²) in [5.74, 6) is -0.482. The fraction of sp³-hybridized carbons (Fsp3) is 0.632. The second kappa shape index (κ2) is 8.19. The van der Waals surface area contributed by atoms with Crippen LogP contribution in [-0.2, 0) is 14.3 Å². The number of anilines is 1. The highest BCUT2D eigenvalue weighted by atomic mass is 16.5. The molecule has 1 aliphatic carbocycles. The number of hydrogen-bond donors (Lipinski definition) is 1. The van der Waals surface area contributed by atoms with Crippen LogP contribution in [0.15, 0.2) is 0 Å². The number of aromatic nitrogens is 1. The van der Waals surface area contributed by atoms with Crippen molar-refractivity contribution in [3.8, 4) is 6.07 Å². The van der Waals surface area contributed by atoms with Crippen molar-refractivity contribution in [2.24, 2.45) is 5.92 Å². The first-order valence-corrected chi connectivity index (χ1v) is 8.98. The molecule has 0 radical (unpaired) electrons. The molecule has 1 aromatic heterocycles. The summed E-state index contributed by atoms with van der Waals surface area (Å²) in [6.45, 7) is 7.21. The van der Waals surface area contributed by atoms with Crippen molar-refractivity contribution in [1.82, 2.24) is 4.57 Å². The van der Waals surface area contributed by atoms with Crippen molar-refractivity contribution in [3.05, 3.63) is 16.8 Å². The minimum absolute atomic E-state index is 0.227. The van der Waals surface area contributed by atoms with Gasteiger partial charge in [0.2, 0.25) is 0 Å². The average molecular weight is 345 g/mol. The van der Waals surface area contributed by atoms with Gasteiger partial charge in [-0.2, -0.15) is 5.26 Å². The Labute approximate surface area is 149 Å². The third-order valence-electron chi connectivity index (χ3n) is 5.18. The van der Waals surface area contributed by atoms with E-state index in [0.717, 1.165) is 36.9 Å². The Hall–Kier alpha value is -2.29. The van der Waals surface area contributed by atoms with Crippen LogP contribution in [0.2, 0.25) is 0 Å². The molecule has 1 N–H and O–H groups in total. The van der Waals surface area contributed by atoms with Crippen LogP contribution in [-0.4, -0.2) is 23.1 Å². The molecule has 1 unspecified atom stereocenters. The Kier molecular flexibility index (Phi) is 6.24. The van der Waals surface area contributed by atoms with Crippen LogP contribution in [0.4, 0.5) is 5.82 Å². The molecule has 1 aromatic rings. The molecular weight excluding hydrogens is 318 g/mol. The molecule has 1 heterocycles. The van der Waals surface area contributed by atoms with Crippen LogP contribution in [0.3, 0.4) is 0 Å². The van der Waals surface area contributed by atoms with E-state index in [1.807, 2.05) is 20.8 Å². The molecule has 0 saturated heterocycles. The van der Waals surface area contributed by atoms with E-state index in [-0.39, 0.29) is 18.5 Å². The smallest absolute Gasteiger partial charge is 0.309 e. The van der Waals surface area contributed by atoms with Crippen molar-refractivity contribution in [2.75, 3.05) is 11.9 Å². The zero-order valence-electron chi connectivity index (χ0n) is 15.5. The zero-order chi connectivity index (χ0) is 18.6. The van der Waals surface area contributed by atoms with E-state index in [1.54, 1.807) is 6.92 Å². The van der Waals surface area contributed by atoms with Gasteiger partial charge in [-0.05, 0) is 38.7 Å². The Morgan fingerprint density at radius 2 is 2.00 bits per heavy atom. The van der Waals surface area contributed by atoms with Crippen LogP contribution in [0.1, 0.15) is 68.8 Å². The van der Waals surface area contributed by atoms with Crippen LogP contribution < -0.4 is 5.32 Å². The van der Waals surface area contributed by atoms with Gasteiger partial charge in [-0.15, -0.1) is 0 Å². The van der Waals surface area contributed by atoms with Crippen LogP contribution in [0.25, 0.3) is 0 Å². The first kappa shape index (κ1) is 19.0. The molecule has 1 amide bonds. The van der Waals surface area contributed by atoms with Crippen LogP contribution >= 0.6 is 0 Å². The molecule has 6 heteroatoms. The third-order valence-corrected chi connectivity index (χ3v) is 5.18. The van der Waals surface area contributed by atoms with E-state index >= 15 is 0 Å². The summed E-state index contributed by atoms with van der Waals surface area (Å²) in [4.78, 5) is 24.0. The predicted molar refractivity (Wildman–Crippen MR) is 95.2 cm³/mol. The number of esters is 1. The monoisotopic (exact) mass is 345 g/mol. The minimum atomic E-state index is -0.412. The Bertz CT molecular complexity index is 694. The standard InChI is InChI=1S/C19H27N3O3/c1-5-12(2)19(24)25-11-17(23)21-18-16(10-20)13(3)14(4)22(18)15-8-6-7-9-15/h12,15H,5-9,11H2,1-4H3,(H,21,23). The minimum Gasteiger partial charge on any atom is -0.455 e. The molecule has 1 fully saturated rings. The van der Waals surface area contributed by atoms with Gasteiger partial charge in [0.15, 0.2) is 6.61 Å². The predicted octanol–water partition coefficient (Wildman–Crippen LogP) is 3.62. The van der Waals surface area contributed by atoms with Crippen molar-refractivity contribution in [2.45, 2.75) is 65.8 Å².